The normalized spacial score (nSPS) is 20.8. The highest BCUT2D eigenvalue weighted by Gasteiger charge is 2.21. The van der Waals surface area contributed by atoms with E-state index in [1.165, 1.54) is 64.7 Å². The number of nitrogens with zero attached hydrogens (tertiary/aromatic N) is 1. The number of rotatable bonds is 10. The van der Waals surface area contributed by atoms with Gasteiger partial charge in [0.15, 0.2) is 0 Å². The van der Waals surface area contributed by atoms with Crippen LogP contribution in [0, 0.1) is 11.8 Å². The van der Waals surface area contributed by atoms with E-state index < -0.39 is 0 Å². The molecule has 1 N–H and O–H groups in total. The molecule has 0 bridgehead atoms. The van der Waals surface area contributed by atoms with E-state index in [2.05, 4.69) is 37.9 Å². The molecule has 0 amide bonds. The zero-order valence-electron chi connectivity index (χ0n) is 13.8. The minimum absolute atomic E-state index is 0.634. The molecule has 1 saturated heterocycles. The van der Waals surface area contributed by atoms with Crippen LogP contribution in [0.5, 0.6) is 0 Å². The Hall–Kier alpha value is -0.0800. The van der Waals surface area contributed by atoms with E-state index in [0.717, 1.165) is 11.8 Å². The van der Waals surface area contributed by atoms with Crippen LogP contribution in [0.2, 0.25) is 0 Å². The van der Waals surface area contributed by atoms with Crippen molar-refractivity contribution in [2.45, 2.75) is 72.3 Å². The van der Waals surface area contributed by atoms with E-state index in [1.54, 1.807) is 0 Å². The molecule has 1 atom stereocenters. The lowest BCUT2D eigenvalue weighted by Crippen LogP contribution is -2.31. The molecule has 2 heteroatoms. The Morgan fingerprint density at radius 1 is 1.05 bits per heavy atom. The molecule has 1 aliphatic heterocycles. The zero-order valence-corrected chi connectivity index (χ0v) is 13.8. The van der Waals surface area contributed by atoms with Crippen LogP contribution in [0.3, 0.4) is 0 Å². The van der Waals surface area contributed by atoms with Gasteiger partial charge in [-0.3, -0.25) is 0 Å². The van der Waals surface area contributed by atoms with E-state index in [1.807, 2.05) is 0 Å². The number of unbranched alkanes of at least 4 members (excludes halogenated alkanes) is 3. The van der Waals surface area contributed by atoms with E-state index in [-0.39, 0.29) is 0 Å². The summed E-state index contributed by atoms with van der Waals surface area (Å²) in [4.78, 5) is 2.68. The molecule has 1 heterocycles. The lowest BCUT2D eigenvalue weighted by molar-refractivity contribution is 0.310. The Labute approximate surface area is 121 Å². The van der Waals surface area contributed by atoms with Gasteiger partial charge >= 0.3 is 0 Å². The summed E-state index contributed by atoms with van der Waals surface area (Å²) in [6, 6.07) is 0.634. The van der Waals surface area contributed by atoms with Crippen molar-refractivity contribution in [2.75, 3.05) is 26.2 Å². The summed E-state index contributed by atoms with van der Waals surface area (Å²) in [6.45, 7) is 14.3. The van der Waals surface area contributed by atoms with Crippen LogP contribution in [0.15, 0.2) is 0 Å². The maximum atomic E-state index is 3.58. The third-order valence-corrected chi connectivity index (χ3v) is 4.19. The first-order valence-electron chi connectivity index (χ1n) is 8.53. The number of hydrogen-bond donors (Lipinski definition) is 1. The molecular weight excluding hydrogens is 232 g/mol. The van der Waals surface area contributed by atoms with E-state index in [9.17, 15) is 0 Å². The van der Waals surface area contributed by atoms with E-state index in [4.69, 9.17) is 0 Å². The summed E-state index contributed by atoms with van der Waals surface area (Å²) < 4.78 is 0. The fourth-order valence-corrected chi connectivity index (χ4v) is 2.93. The lowest BCUT2D eigenvalue weighted by atomic mass is 10.0. The SMILES string of the molecule is CC(C)CCCCCCN1CCC(CNC(C)C)C1. The molecule has 0 aromatic rings. The van der Waals surface area contributed by atoms with Crippen LogP contribution in [-0.2, 0) is 0 Å². The van der Waals surface area contributed by atoms with Crippen LogP contribution in [-0.4, -0.2) is 37.1 Å². The Kier molecular flexibility index (Phi) is 8.72. The van der Waals surface area contributed by atoms with Crippen molar-refractivity contribution in [2.24, 2.45) is 11.8 Å². The second-order valence-electron chi connectivity index (χ2n) is 7.11. The third kappa shape index (κ3) is 8.65. The van der Waals surface area contributed by atoms with E-state index in [0.29, 0.717) is 6.04 Å². The average molecular weight is 268 g/mol. The third-order valence-electron chi connectivity index (χ3n) is 4.19. The van der Waals surface area contributed by atoms with Crippen molar-refractivity contribution in [1.29, 1.82) is 0 Å². The first-order chi connectivity index (χ1) is 9.08. The van der Waals surface area contributed by atoms with Gasteiger partial charge < -0.3 is 10.2 Å². The van der Waals surface area contributed by atoms with Crippen molar-refractivity contribution in [3.05, 3.63) is 0 Å². The maximum Gasteiger partial charge on any atom is 0.00223 e. The Balaban J connectivity index is 1.94. The molecule has 114 valence electrons. The minimum atomic E-state index is 0.634. The van der Waals surface area contributed by atoms with Crippen molar-refractivity contribution in [3.63, 3.8) is 0 Å². The highest BCUT2D eigenvalue weighted by atomic mass is 15.1. The molecule has 19 heavy (non-hydrogen) atoms. The predicted octanol–water partition coefficient (Wildman–Crippen LogP) is 3.91. The topological polar surface area (TPSA) is 15.3 Å². The Bertz CT molecular complexity index is 213. The Morgan fingerprint density at radius 3 is 2.47 bits per heavy atom. The summed E-state index contributed by atoms with van der Waals surface area (Å²) in [5.41, 5.74) is 0. The van der Waals surface area contributed by atoms with Gasteiger partial charge in [0.2, 0.25) is 0 Å². The molecular formula is C17H36N2. The fraction of sp³-hybridized carbons (Fsp3) is 1.00. The largest absolute Gasteiger partial charge is 0.314 e. The van der Waals surface area contributed by atoms with Gasteiger partial charge in [-0.1, -0.05) is 53.4 Å². The van der Waals surface area contributed by atoms with Crippen molar-refractivity contribution in [3.8, 4) is 0 Å². The monoisotopic (exact) mass is 268 g/mol. The molecule has 0 radical (unpaired) electrons. The molecule has 0 saturated carbocycles. The number of likely N-dealkylation sites (tertiary alicyclic amines) is 1. The summed E-state index contributed by atoms with van der Waals surface area (Å²) >= 11 is 0. The van der Waals surface area contributed by atoms with Gasteiger partial charge in [-0.25, -0.2) is 0 Å². The van der Waals surface area contributed by atoms with Crippen molar-refractivity contribution >= 4 is 0 Å². The summed E-state index contributed by atoms with van der Waals surface area (Å²) in [7, 11) is 0. The van der Waals surface area contributed by atoms with Crippen LogP contribution < -0.4 is 5.32 Å². The lowest BCUT2D eigenvalue weighted by Gasteiger charge is -2.17. The summed E-state index contributed by atoms with van der Waals surface area (Å²) in [6.07, 6.45) is 8.50. The molecule has 0 aromatic carbocycles. The molecule has 0 aromatic heterocycles. The molecule has 1 rings (SSSR count). The first kappa shape index (κ1) is 17.0. The van der Waals surface area contributed by atoms with Crippen LogP contribution >= 0.6 is 0 Å². The standard InChI is InChI=1S/C17H36N2/c1-15(2)9-7-5-6-8-11-19-12-10-17(14-19)13-18-16(3)4/h15-18H,5-14H2,1-4H3. The second kappa shape index (κ2) is 9.77. The van der Waals surface area contributed by atoms with Gasteiger partial charge in [0.1, 0.15) is 0 Å². The van der Waals surface area contributed by atoms with Crippen LogP contribution in [0.25, 0.3) is 0 Å². The molecule has 1 aliphatic rings. The van der Waals surface area contributed by atoms with Gasteiger partial charge in [0, 0.05) is 12.6 Å². The van der Waals surface area contributed by atoms with E-state index >= 15 is 0 Å². The van der Waals surface area contributed by atoms with Gasteiger partial charge in [-0.15, -0.1) is 0 Å². The predicted molar refractivity (Wildman–Crippen MR) is 85.6 cm³/mol. The van der Waals surface area contributed by atoms with Crippen molar-refractivity contribution in [1.82, 2.24) is 10.2 Å². The highest BCUT2D eigenvalue weighted by Crippen LogP contribution is 2.17. The first-order valence-corrected chi connectivity index (χ1v) is 8.53. The van der Waals surface area contributed by atoms with Crippen LogP contribution in [0.4, 0.5) is 0 Å². The average Bonchev–Trinajstić information content (AvgIpc) is 2.78. The second-order valence-corrected chi connectivity index (χ2v) is 7.11. The quantitative estimate of drug-likeness (QED) is 0.604. The summed E-state index contributed by atoms with van der Waals surface area (Å²) in [5.74, 6) is 1.77. The van der Waals surface area contributed by atoms with Crippen LogP contribution in [0.1, 0.15) is 66.2 Å². The fourth-order valence-electron chi connectivity index (χ4n) is 2.93. The molecule has 2 nitrogen and oxygen atoms in total. The number of hydrogen-bond acceptors (Lipinski definition) is 2. The van der Waals surface area contributed by atoms with Gasteiger partial charge in [-0.05, 0) is 44.3 Å². The summed E-state index contributed by atoms with van der Waals surface area (Å²) in [5, 5.41) is 3.58. The molecule has 0 spiro atoms. The smallest absolute Gasteiger partial charge is 0.00223 e. The van der Waals surface area contributed by atoms with Gasteiger partial charge in [-0.2, -0.15) is 0 Å². The zero-order chi connectivity index (χ0) is 14.1. The van der Waals surface area contributed by atoms with Gasteiger partial charge in [0.25, 0.3) is 0 Å². The molecule has 1 unspecified atom stereocenters. The maximum absolute atomic E-state index is 3.58. The Morgan fingerprint density at radius 2 is 1.79 bits per heavy atom. The molecule has 0 aliphatic carbocycles. The minimum Gasteiger partial charge on any atom is -0.314 e. The highest BCUT2D eigenvalue weighted by molar-refractivity contribution is 4.77. The van der Waals surface area contributed by atoms with Crippen molar-refractivity contribution < 1.29 is 0 Å². The molecule has 1 fully saturated rings. The van der Waals surface area contributed by atoms with Gasteiger partial charge in [0.05, 0.1) is 0 Å². The number of nitrogens with one attached hydrogen (secondary N) is 1.